The molecule has 26 heavy (non-hydrogen) atoms. The number of nitrogens with zero attached hydrogens (tertiary/aromatic N) is 3. The molecule has 1 fully saturated rings. The highest BCUT2D eigenvalue weighted by Gasteiger charge is 2.19. The Morgan fingerprint density at radius 2 is 2.04 bits per heavy atom. The first-order chi connectivity index (χ1) is 12.5. The number of carbonyl (C=O) groups is 1. The summed E-state index contributed by atoms with van der Waals surface area (Å²) in [5.74, 6) is -1.05. The number of carboxylic acid groups (broad SMARTS) is 1. The normalized spacial score (nSPS) is 14.9. The number of thiocarbonyl (C=S) groups is 1. The van der Waals surface area contributed by atoms with Crippen LogP contribution in [0.25, 0.3) is 0 Å². The van der Waals surface area contributed by atoms with Gasteiger partial charge >= 0.3 is 5.97 Å². The number of carboxylic acids is 1. The zero-order valence-corrected chi connectivity index (χ0v) is 15.6. The summed E-state index contributed by atoms with van der Waals surface area (Å²) < 4.78 is 0. The zero-order valence-electron chi connectivity index (χ0n) is 14.1. The second-order valence-electron chi connectivity index (χ2n) is 6.05. The van der Waals surface area contributed by atoms with Crippen LogP contribution in [0.4, 0.5) is 5.69 Å². The van der Waals surface area contributed by atoms with E-state index in [4.69, 9.17) is 28.9 Å². The molecule has 6 nitrogen and oxygen atoms in total. The van der Waals surface area contributed by atoms with Gasteiger partial charge in [0, 0.05) is 50.8 Å². The number of anilines is 1. The number of pyridine rings is 1. The summed E-state index contributed by atoms with van der Waals surface area (Å²) in [6.45, 7) is 4.36. The molecule has 0 bridgehead atoms. The van der Waals surface area contributed by atoms with Gasteiger partial charge in [0.05, 0.1) is 10.6 Å². The van der Waals surface area contributed by atoms with E-state index in [9.17, 15) is 4.79 Å². The SMILES string of the molecule is O=C(O)c1ccc(NC(=S)N2CCN(Cc3cccnc3)CC2)cc1Cl. The molecule has 0 aliphatic carbocycles. The van der Waals surface area contributed by atoms with Crippen molar-refractivity contribution < 1.29 is 9.90 Å². The Kier molecular flexibility index (Phi) is 6.03. The van der Waals surface area contributed by atoms with Crippen molar-refractivity contribution in [1.82, 2.24) is 14.8 Å². The van der Waals surface area contributed by atoms with E-state index in [1.807, 2.05) is 12.3 Å². The smallest absolute Gasteiger partial charge is 0.337 e. The highest BCUT2D eigenvalue weighted by Crippen LogP contribution is 2.21. The van der Waals surface area contributed by atoms with Crippen LogP contribution in [0.3, 0.4) is 0 Å². The first kappa shape index (κ1) is 18.6. The van der Waals surface area contributed by atoms with Crippen molar-refractivity contribution in [2.45, 2.75) is 6.54 Å². The lowest BCUT2D eigenvalue weighted by Crippen LogP contribution is -2.49. The van der Waals surface area contributed by atoms with E-state index < -0.39 is 5.97 Å². The molecule has 1 aliphatic heterocycles. The van der Waals surface area contributed by atoms with Crippen molar-refractivity contribution in [3.05, 3.63) is 58.9 Å². The Balaban J connectivity index is 1.52. The Hall–Kier alpha value is -2.22. The lowest BCUT2D eigenvalue weighted by Gasteiger charge is -2.36. The van der Waals surface area contributed by atoms with Gasteiger partial charge in [-0.15, -0.1) is 0 Å². The predicted molar refractivity (Wildman–Crippen MR) is 106 cm³/mol. The van der Waals surface area contributed by atoms with Crippen LogP contribution < -0.4 is 5.32 Å². The molecule has 0 atom stereocenters. The summed E-state index contributed by atoms with van der Waals surface area (Å²) in [6, 6.07) is 8.75. The number of halogens is 1. The summed E-state index contributed by atoms with van der Waals surface area (Å²) in [5.41, 5.74) is 1.96. The lowest BCUT2D eigenvalue weighted by atomic mass is 10.2. The van der Waals surface area contributed by atoms with E-state index in [0.717, 1.165) is 32.7 Å². The standard InChI is InChI=1S/C18H19ClN4O2S/c19-16-10-14(3-4-15(16)17(24)25)21-18(26)23-8-6-22(7-9-23)12-13-2-1-5-20-11-13/h1-5,10-11H,6-9,12H2,(H,21,26)(H,24,25). The molecule has 136 valence electrons. The Morgan fingerprint density at radius 1 is 1.27 bits per heavy atom. The van der Waals surface area contributed by atoms with Crippen LogP contribution in [0.2, 0.25) is 5.02 Å². The van der Waals surface area contributed by atoms with Gasteiger partial charge in [-0.05, 0) is 42.0 Å². The number of aromatic nitrogens is 1. The van der Waals surface area contributed by atoms with Crippen LogP contribution in [-0.4, -0.2) is 57.2 Å². The van der Waals surface area contributed by atoms with Crippen LogP contribution in [0, 0.1) is 0 Å². The average Bonchev–Trinajstić information content (AvgIpc) is 2.63. The van der Waals surface area contributed by atoms with Crippen LogP contribution in [0.15, 0.2) is 42.7 Å². The van der Waals surface area contributed by atoms with Crippen molar-refractivity contribution >= 4 is 40.6 Å². The van der Waals surface area contributed by atoms with Gasteiger partial charge in [0.15, 0.2) is 5.11 Å². The van der Waals surface area contributed by atoms with Crippen LogP contribution >= 0.6 is 23.8 Å². The van der Waals surface area contributed by atoms with Crippen molar-refractivity contribution in [3.8, 4) is 0 Å². The summed E-state index contributed by atoms with van der Waals surface area (Å²) in [5, 5.41) is 13.0. The molecule has 0 saturated carbocycles. The monoisotopic (exact) mass is 390 g/mol. The van der Waals surface area contributed by atoms with Crippen LogP contribution in [0.5, 0.6) is 0 Å². The summed E-state index contributed by atoms with van der Waals surface area (Å²) in [4.78, 5) is 19.6. The Bertz CT molecular complexity index is 795. The van der Waals surface area contributed by atoms with E-state index in [0.29, 0.717) is 10.8 Å². The van der Waals surface area contributed by atoms with E-state index in [2.05, 4.69) is 26.2 Å². The molecule has 0 unspecified atom stereocenters. The van der Waals surface area contributed by atoms with Crippen molar-refractivity contribution in [2.24, 2.45) is 0 Å². The maximum absolute atomic E-state index is 11.0. The minimum absolute atomic E-state index is 0.0761. The first-order valence-electron chi connectivity index (χ1n) is 8.23. The third kappa shape index (κ3) is 4.69. The first-order valence-corrected chi connectivity index (χ1v) is 9.01. The number of benzene rings is 1. The maximum Gasteiger partial charge on any atom is 0.337 e. The van der Waals surface area contributed by atoms with Gasteiger partial charge in [0.2, 0.25) is 0 Å². The fraction of sp³-hybridized carbons (Fsp3) is 0.278. The number of hydrogen-bond acceptors (Lipinski definition) is 4. The quantitative estimate of drug-likeness (QED) is 0.778. The van der Waals surface area contributed by atoms with Crippen LogP contribution in [0.1, 0.15) is 15.9 Å². The molecule has 0 spiro atoms. The minimum Gasteiger partial charge on any atom is -0.478 e. The maximum atomic E-state index is 11.0. The van der Waals surface area contributed by atoms with Crippen LogP contribution in [-0.2, 0) is 6.54 Å². The molecule has 0 amide bonds. The van der Waals surface area contributed by atoms with E-state index >= 15 is 0 Å². The van der Waals surface area contributed by atoms with Gasteiger partial charge in [-0.3, -0.25) is 9.88 Å². The molecule has 2 N–H and O–H groups in total. The lowest BCUT2D eigenvalue weighted by molar-refractivity contribution is 0.0697. The third-order valence-corrected chi connectivity index (χ3v) is 4.91. The highest BCUT2D eigenvalue weighted by molar-refractivity contribution is 7.80. The molecule has 0 radical (unpaired) electrons. The number of hydrogen-bond donors (Lipinski definition) is 2. The fourth-order valence-electron chi connectivity index (χ4n) is 2.83. The molecule has 1 saturated heterocycles. The summed E-state index contributed by atoms with van der Waals surface area (Å²) in [7, 11) is 0. The molecule has 2 aromatic rings. The molecule has 2 heterocycles. The van der Waals surface area contributed by atoms with E-state index in [-0.39, 0.29) is 10.6 Å². The Labute approximate surface area is 162 Å². The summed E-state index contributed by atoms with van der Waals surface area (Å²) >= 11 is 11.5. The number of aromatic carboxylic acids is 1. The molecule has 8 heteroatoms. The predicted octanol–water partition coefficient (Wildman–Crippen LogP) is 2.95. The highest BCUT2D eigenvalue weighted by atomic mass is 35.5. The van der Waals surface area contributed by atoms with Gasteiger partial charge < -0.3 is 15.3 Å². The van der Waals surface area contributed by atoms with Gasteiger partial charge in [-0.2, -0.15) is 0 Å². The largest absolute Gasteiger partial charge is 0.478 e. The molecular weight excluding hydrogens is 372 g/mol. The van der Waals surface area contributed by atoms with Crippen molar-refractivity contribution in [3.63, 3.8) is 0 Å². The number of rotatable bonds is 4. The average molecular weight is 391 g/mol. The topological polar surface area (TPSA) is 68.7 Å². The van der Waals surface area contributed by atoms with Crippen molar-refractivity contribution in [1.29, 1.82) is 0 Å². The second kappa shape index (κ2) is 8.44. The molecule has 1 aliphatic rings. The van der Waals surface area contributed by atoms with Gasteiger partial charge in [-0.1, -0.05) is 17.7 Å². The van der Waals surface area contributed by atoms with E-state index in [1.54, 1.807) is 18.3 Å². The number of piperazine rings is 1. The minimum atomic E-state index is -1.05. The second-order valence-corrected chi connectivity index (χ2v) is 6.85. The summed E-state index contributed by atoms with van der Waals surface area (Å²) in [6.07, 6.45) is 3.67. The van der Waals surface area contributed by atoms with Gasteiger partial charge in [0.1, 0.15) is 0 Å². The molecule has 3 rings (SSSR count). The molecular formula is C18H19ClN4O2S. The van der Waals surface area contributed by atoms with E-state index in [1.165, 1.54) is 11.6 Å². The number of nitrogens with one attached hydrogen (secondary N) is 1. The zero-order chi connectivity index (χ0) is 18.5. The third-order valence-electron chi connectivity index (χ3n) is 4.24. The van der Waals surface area contributed by atoms with Crippen molar-refractivity contribution in [2.75, 3.05) is 31.5 Å². The fourth-order valence-corrected chi connectivity index (χ4v) is 3.39. The van der Waals surface area contributed by atoms with Gasteiger partial charge in [0.25, 0.3) is 0 Å². The Morgan fingerprint density at radius 3 is 2.65 bits per heavy atom. The van der Waals surface area contributed by atoms with Gasteiger partial charge in [-0.25, -0.2) is 4.79 Å². The molecule has 1 aromatic heterocycles. The molecule has 1 aromatic carbocycles.